The topological polar surface area (TPSA) is 30.7 Å². The van der Waals surface area contributed by atoms with Gasteiger partial charge in [0.2, 0.25) is 0 Å². The standard InChI is InChI=1S/C15H18BrN3/c1-19-10-17-18-15(19)14(11-5-2-3-6-11)12-7-4-8-13(16)9-12/h4,7-11,14H,2-3,5-6H2,1H3. The third-order valence-electron chi connectivity index (χ3n) is 4.10. The fraction of sp³-hybridized carbons (Fsp3) is 0.467. The molecule has 100 valence electrons. The zero-order valence-electron chi connectivity index (χ0n) is 11.1. The lowest BCUT2D eigenvalue weighted by Crippen LogP contribution is -2.16. The Labute approximate surface area is 122 Å². The van der Waals surface area contributed by atoms with E-state index in [1.165, 1.54) is 31.2 Å². The zero-order valence-corrected chi connectivity index (χ0v) is 12.7. The Hall–Kier alpha value is -1.16. The molecular weight excluding hydrogens is 302 g/mol. The summed E-state index contributed by atoms with van der Waals surface area (Å²) >= 11 is 3.58. The third-order valence-corrected chi connectivity index (χ3v) is 4.60. The van der Waals surface area contributed by atoms with Crippen LogP contribution in [-0.2, 0) is 7.05 Å². The number of hydrogen-bond donors (Lipinski definition) is 0. The molecule has 0 bridgehead atoms. The van der Waals surface area contributed by atoms with Crippen LogP contribution in [0.4, 0.5) is 0 Å². The molecule has 1 unspecified atom stereocenters. The lowest BCUT2D eigenvalue weighted by atomic mass is 9.84. The van der Waals surface area contributed by atoms with Gasteiger partial charge >= 0.3 is 0 Å². The van der Waals surface area contributed by atoms with Gasteiger partial charge in [-0.05, 0) is 36.5 Å². The molecule has 1 aromatic heterocycles. The number of rotatable bonds is 3. The van der Waals surface area contributed by atoms with Crippen molar-refractivity contribution in [1.29, 1.82) is 0 Å². The van der Waals surface area contributed by atoms with E-state index in [-0.39, 0.29) is 0 Å². The van der Waals surface area contributed by atoms with Crippen LogP contribution < -0.4 is 0 Å². The number of aryl methyl sites for hydroxylation is 1. The molecule has 0 N–H and O–H groups in total. The van der Waals surface area contributed by atoms with Crippen molar-refractivity contribution in [3.05, 3.63) is 46.5 Å². The van der Waals surface area contributed by atoms with E-state index in [1.54, 1.807) is 6.33 Å². The predicted octanol–water partition coefficient (Wildman–Crippen LogP) is 3.90. The van der Waals surface area contributed by atoms with E-state index < -0.39 is 0 Å². The summed E-state index contributed by atoms with van der Waals surface area (Å²) in [6.45, 7) is 0. The van der Waals surface area contributed by atoms with Gasteiger partial charge in [-0.3, -0.25) is 0 Å². The molecule has 19 heavy (non-hydrogen) atoms. The molecular formula is C15H18BrN3. The Morgan fingerprint density at radius 1 is 1.32 bits per heavy atom. The van der Waals surface area contributed by atoms with Crippen LogP contribution in [0.15, 0.2) is 35.1 Å². The Morgan fingerprint density at radius 3 is 2.74 bits per heavy atom. The van der Waals surface area contributed by atoms with Crippen LogP contribution in [0.2, 0.25) is 0 Å². The van der Waals surface area contributed by atoms with Crippen LogP contribution in [0.25, 0.3) is 0 Å². The first-order valence-electron chi connectivity index (χ1n) is 6.85. The molecule has 3 nitrogen and oxygen atoms in total. The van der Waals surface area contributed by atoms with E-state index in [1.807, 2.05) is 7.05 Å². The van der Waals surface area contributed by atoms with Crippen LogP contribution in [0.5, 0.6) is 0 Å². The van der Waals surface area contributed by atoms with E-state index in [2.05, 4.69) is 55.0 Å². The summed E-state index contributed by atoms with van der Waals surface area (Å²) in [6, 6.07) is 8.61. The molecule has 1 saturated carbocycles. The van der Waals surface area contributed by atoms with Crippen molar-refractivity contribution in [2.24, 2.45) is 13.0 Å². The average molecular weight is 320 g/mol. The molecule has 4 heteroatoms. The molecule has 0 amide bonds. The Balaban J connectivity index is 2.03. The summed E-state index contributed by atoms with van der Waals surface area (Å²) in [5.41, 5.74) is 1.34. The van der Waals surface area contributed by atoms with Crippen molar-refractivity contribution in [1.82, 2.24) is 14.8 Å². The summed E-state index contributed by atoms with van der Waals surface area (Å²) in [5, 5.41) is 8.43. The highest BCUT2D eigenvalue weighted by molar-refractivity contribution is 9.10. The lowest BCUT2D eigenvalue weighted by molar-refractivity contribution is 0.456. The molecule has 0 spiro atoms. The van der Waals surface area contributed by atoms with Crippen LogP contribution in [0.1, 0.15) is 43.0 Å². The summed E-state index contributed by atoms with van der Waals surface area (Å²) < 4.78 is 3.19. The van der Waals surface area contributed by atoms with Crippen molar-refractivity contribution in [3.8, 4) is 0 Å². The van der Waals surface area contributed by atoms with Crippen LogP contribution in [0.3, 0.4) is 0 Å². The van der Waals surface area contributed by atoms with Gasteiger partial charge in [0.25, 0.3) is 0 Å². The maximum absolute atomic E-state index is 4.36. The molecule has 1 aliphatic carbocycles. The first kappa shape index (κ1) is 12.9. The van der Waals surface area contributed by atoms with Gasteiger partial charge in [0.05, 0.1) is 0 Å². The third kappa shape index (κ3) is 2.59. The van der Waals surface area contributed by atoms with Gasteiger partial charge < -0.3 is 4.57 Å². The van der Waals surface area contributed by atoms with Gasteiger partial charge in [0.1, 0.15) is 12.2 Å². The van der Waals surface area contributed by atoms with Crippen LogP contribution >= 0.6 is 15.9 Å². The van der Waals surface area contributed by atoms with Crippen LogP contribution in [0, 0.1) is 5.92 Å². The normalized spacial score (nSPS) is 17.8. The molecule has 0 saturated heterocycles. The zero-order chi connectivity index (χ0) is 13.2. The monoisotopic (exact) mass is 319 g/mol. The smallest absolute Gasteiger partial charge is 0.140 e. The highest BCUT2D eigenvalue weighted by Crippen LogP contribution is 2.41. The number of halogens is 1. The summed E-state index contributed by atoms with van der Waals surface area (Å²) in [4.78, 5) is 0. The lowest BCUT2D eigenvalue weighted by Gasteiger charge is -2.23. The Morgan fingerprint density at radius 2 is 2.11 bits per heavy atom. The van der Waals surface area contributed by atoms with Gasteiger partial charge in [0.15, 0.2) is 0 Å². The van der Waals surface area contributed by atoms with E-state index >= 15 is 0 Å². The maximum atomic E-state index is 4.36. The summed E-state index contributed by atoms with van der Waals surface area (Å²) in [7, 11) is 2.04. The minimum absolute atomic E-state index is 0.368. The van der Waals surface area contributed by atoms with E-state index in [4.69, 9.17) is 0 Å². The van der Waals surface area contributed by atoms with Crippen molar-refractivity contribution in [3.63, 3.8) is 0 Å². The van der Waals surface area contributed by atoms with Crippen LogP contribution in [-0.4, -0.2) is 14.8 Å². The highest BCUT2D eigenvalue weighted by atomic mass is 79.9. The first-order chi connectivity index (χ1) is 9.25. The molecule has 1 atom stereocenters. The van der Waals surface area contributed by atoms with Crippen molar-refractivity contribution >= 4 is 15.9 Å². The molecule has 2 aromatic rings. The van der Waals surface area contributed by atoms with Crippen molar-refractivity contribution < 1.29 is 0 Å². The second-order valence-corrected chi connectivity index (χ2v) is 6.29. The second-order valence-electron chi connectivity index (χ2n) is 5.38. The molecule has 1 fully saturated rings. The first-order valence-corrected chi connectivity index (χ1v) is 7.64. The van der Waals surface area contributed by atoms with Gasteiger partial charge in [-0.2, -0.15) is 0 Å². The molecule has 1 heterocycles. The largest absolute Gasteiger partial charge is 0.320 e. The fourth-order valence-electron chi connectivity index (χ4n) is 3.20. The van der Waals surface area contributed by atoms with Gasteiger partial charge in [-0.25, -0.2) is 0 Å². The predicted molar refractivity (Wildman–Crippen MR) is 78.9 cm³/mol. The Kier molecular flexibility index (Phi) is 3.69. The molecule has 1 aliphatic rings. The molecule has 3 rings (SSSR count). The van der Waals surface area contributed by atoms with E-state index in [9.17, 15) is 0 Å². The summed E-state index contributed by atoms with van der Waals surface area (Å²) in [5.74, 6) is 2.15. The quantitative estimate of drug-likeness (QED) is 0.859. The van der Waals surface area contributed by atoms with Crippen molar-refractivity contribution in [2.45, 2.75) is 31.6 Å². The number of nitrogens with zero attached hydrogens (tertiary/aromatic N) is 3. The van der Waals surface area contributed by atoms with Gasteiger partial charge in [-0.15, -0.1) is 10.2 Å². The second kappa shape index (κ2) is 5.45. The molecule has 0 radical (unpaired) electrons. The number of benzene rings is 1. The van der Waals surface area contributed by atoms with Gasteiger partial charge in [-0.1, -0.05) is 40.9 Å². The minimum atomic E-state index is 0.368. The fourth-order valence-corrected chi connectivity index (χ4v) is 3.61. The highest BCUT2D eigenvalue weighted by Gasteiger charge is 2.30. The van der Waals surface area contributed by atoms with Gasteiger partial charge in [0, 0.05) is 17.4 Å². The average Bonchev–Trinajstić information content (AvgIpc) is 3.03. The number of hydrogen-bond acceptors (Lipinski definition) is 2. The molecule has 1 aromatic carbocycles. The maximum Gasteiger partial charge on any atom is 0.140 e. The summed E-state index contributed by atoms with van der Waals surface area (Å²) in [6.07, 6.45) is 7.07. The van der Waals surface area contributed by atoms with E-state index in [0.29, 0.717) is 11.8 Å². The van der Waals surface area contributed by atoms with Crippen molar-refractivity contribution in [2.75, 3.05) is 0 Å². The Bertz CT molecular complexity index is 558. The SMILES string of the molecule is Cn1cnnc1C(c1cccc(Br)c1)C1CCCC1. The van der Waals surface area contributed by atoms with E-state index in [0.717, 1.165) is 10.3 Å². The minimum Gasteiger partial charge on any atom is -0.320 e. The number of aromatic nitrogens is 3. The molecule has 0 aliphatic heterocycles.